The number of amides is 1. The first kappa shape index (κ1) is 21.7. The predicted octanol–water partition coefficient (Wildman–Crippen LogP) is 3.79. The second kappa shape index (κ2) is 8.67. The first-order valence-electron chi connectivity index (χ1n) is 11.9. The van der Waals surface area contributed by atoms with Crippen molar-refractivity contribution in [3.8, 4) is 5.75 Å². The van der Waals surface area contributed by atoms with Gasteiger partial charge in [-0.3, -0.25) is 14.5 Å². The van der Waals surface area contributed by atoms with Crippen LogP contribution in [-0.4, -0.2) is 57.0 Å². The van der Waals surface area contributed by atoms with E-state index in [1.807, 2.05) is 24.8 Å². The zero-order valence-electron chi connectivity index (χ0n) is 19.2. The smallest absolute Gasteiger partial charge is 0.265 e. The fourth-order valence-electron chi connectivity index (χ4n) is 5.91. The standard InChI is InChI=1S/C27H31N3O3/c1-17(2)30(27(33)23-25(31)20-10-6-7-11-21(20)28-26(23)32)24-19-12-14-29(15-13-19)22(24)16-18-8-4-3-5-9-18/h3-11,17,19,22,24H,12-16H2,1-2H3,(H2,28,31,32). The maximum absolute atomic E-state index is 14.0. The average Bonchev–Trinajstić information content (AvgIpc) is 2.81. The number of aromatic nitrogens is 1. The normalized spacial score (nSPS) is 24.3. The minimum Gasteiger partial charge on any atom is -0.506 e. The van der Waals surface area contributed by atoms with E-state index in [1.165, 1.54) is 5.56 Å². The molecule has 1 aromatic heterocycles. The molecule has 3 saturated heterocycles. The molecule has 6 rings (SSSR count). The molecule has 3 aromatic rings. The van der Waals surface area contributed by atoms with Crippen LogP contribution in [0.1, 0.15) is 42.6 Å². The van der Waals surface area contributed by atoms with Gasteiger partial charge in [-0.2, -0.15) is 0 Å². The summed E-state index contributed by atoms with van der Waals surface area (Å²) in [4.78, 5) is 34.1. The van der Waals surface area contributed by atoms with Gasteiger partial charge >= 0.3 is 0 Å². The van der Waals surface area contributed by atoms with Crippen LogP contribution in [0.3, 0.4) is 0 Å². The third-order valence-electron chi connectivity index (χ3n) is 7.43. The number of carbonyl (C=O) groups is 1. The largest absolute Gasteiger partial charge is 0.506 e. The number of para-hydroxylation sites is 1. The lowest BCUT2D eigenvalue weighted by atomic mass is 9.75. The summed E-state index contributed by atoms with van der Waals surface area (Å²) in [6, 6.07) is 17.5. The van der Waals surface area contributed by atoms with Gasteiger partial charge in [-0.25, -0.2) is 0 Å². The van der Waals surface area contributed by atoms with Crippen molar-refractivity contribution in [1.82, 2.24) is 14.8 Å². The second-order valence-corrected chi connectivity index (χ2v) is 9.65. The Morgan fingerprint density at radius 3 is 2.45 bits per heavy atom. The Morgan fingerprint density at radius 2 is 1.76 bits per heavy atom. The topological polar surface area (TPSA) is 76.6 Å². The molecule has 172 valence electrons. The van der Waals surface area contributed by atoms with E-state index in [2.05, 4.69) is 34.1 Å². The van der Waals surface area contributed by atoms with Gasteiger partial charge in [-0.1, -0.05) is 42.5 Å². The Balaban J connectivity index is 1.57. The highest BCUT2D eigenvalue weighted by Crippen LogP contribution is 2.39. The highest BCUT2D eigenvalue weighted by Gasteiger charge is 2.47. The number of pyridine rings is 1. The van der Waals surface area contributed by atoms with E-state index in [0.717, 1.165) is 32.4 Å². The summed E-state index contributed by atoms with van der Waals surface area (Å²) < 4.78 is 0. The molecule has 3 aliphatic rings. The van der Waals surface area contributed by atoms with E-state index in [0.29, 0.717) is 16.8 Å². The van der Waals surface area contributed by atoms with Gasteiger partial charge in [0.15, 0.2) is 0 Å². The van der Waals surface area contributed by atoms with Crippen LogP contribution >= 0.6 is 0 Å². The van der Waals surface area contributed by atoms with Crippen LogP contribution in [0.2, 0.25) is 0 Å². The quantitative estimate of drug-likeness (QED) is 0.627. The van der Waals surface area contributed by atoms with Gasteiger partial charge in [0.05, 0.1) is 11.6 Å². The summed E-state index contributed by atoms with van der Waals surface area (Å²) in [5, 5.41) is 11.5. The van der Waals surface area contributed by atoms with Gasteiger partial charge in [-0.05, 0) is 69.8 Å². The first-order valence-corrected chi connectivity index (χ1v) is 11.9. The highest BCUT2D eigenvalue weighted by atomic mass is 16.3. The molecule has 0 aliphatic carbocycles. The average molecular weight is 446 g/mol. The summed E-state index contributed by atoms with van der Waals surface area (Å²) in [5.74, 6) is -0.228. The molecule has 33 heavy (non-hydrogen) atoms. The van der Waals surface area contributed by atoms with Gasteiger partial charge < -0.3 is 15.0 Å². The second-order valence-electron chi connectivity index (χ2n) is 9.65. The lowest BCUT2D eigenvalue weighted by Gasteiger charge is -2.55. The van der Waals surface area contributed by atoms with Crippen LogP contribution in [0.15, 0.2) is 59.4 Å². The van der Waals surface area contributed by atoms with Crippen molar-refractivity contribution in [1.29, 1.82) is 0 Å². The summed E-state index contributed by atoms with van der Waals surface area (Å²) in [6.45, 7) is 6.09. The minimum atomic E-state index is -0.539. The number of H-pyrrole nitrogens is 1. The molecular weight excluding hydrogens is 414 g/mol. The van der Waals surface area contributed by atoms with Crippen LogP contribution in [0.4, 0.5) is 0 Å². The lowest BCUT2D eigenvalue weighted by molar-refractivity contribution is -0.0436. The van der Waals surface area contributed by atoms with E-state index in [-0.39, 0.29) is 35.3 Å². The van der Waals surface area contributed by atoms with Crippen molar-refractivity contribution in [2.75, 3.05) is 13.1 Å². The summed E-state index contributed by atoms with van der Waals surface area (Å²) in [7, 11) is 0. The molecule has 2 unspecified atom stereocenters. The number of hydrogen-bond donors (Lipinski definition) is 2. The van der Waals surface area contributed by atoms with Gasteiger partial charge in [-0.15, -0.1) is 0 Å². The molecule has 0 saturated carbocycles. The number of carbonyl (C=O) groups excluding carboxylic acids is 1. The monoisotopic (exact) mass is 445 g/mol. The van der Waals surface area contributed by atoms with E-state index in [9.17, 15) is 14.7 Å². The summed E-state index contributed by atoms with van der Waals surface area (Å²) in [6.07, 6.45) is 2.96. The van der Waals surface area contributed by atoms with Crippen molar-refractivity contribution < 1.29 is 9.90 Å². The van der Waals surface area contributed by atoms with Gasteiger partial charge in [0.2, 0.25) is 0 Å². The third-order valence-corrected chi connectivity index (χ3v) is 7.43. The molecule has 3 fully saturated rings. The molecule has 2 N–H and O–H groups in total. The number of nitrogens with one attached hydrogen (secondary N) is 1. The number of benzene rings is 2. The van der Waals surface area contributed by atoms with Gasteiger partial charge in [0.25, 0.3) is 11.5 Å². The van der Waals surface area contributed by atoms with Crippen molar-refractivity contribution >= 4 is 16.8 Å². The zero-order chi connectivity index (χ0) is 23.1. The fourth-order valence-corrected chi connectivity index (χ4v) is 5.91. The number of piperidine rings is 3. The Kier molecular flexibility index (Phi) is 5.71. The molecule has 6 heteroatoms. The van der Waals surface area contributed by atoms with Crippen molar-refractivity contribution in [3.05, 3.63) is 76.1 Å². The highest BCUT2D eigenvalue weighted by molar-refractivity contribution is 6.02. The van der Waals surface area contributed by atoms with E-state index in [4.69, 9.17) is 0 Å². The Bertz CT molecular complexity index is 1210. The maximum atomic E-state index is 14.0. The Labute approximate surface area is 193 Å². The molecular formula is C27H31N3O3. The van der Waals surface area contributed by atoms with E-state index < -0.39 is 5.56 Å². The number of aromatic amines is 1. The van der Waals surface area contributed by atoms with E-state index in [1.54, 1.807) is 24.3 Å². The molecule has 1 amide bonds. The Hall–Kier alpha value is -3.12. The third kappa shape index (κ3) is 3.82. The number of fused-ring (bicyclic) bond motifs is 4. The molecule has 3 aliphatic heterocycles. The number of hydrogen-bond acceptors (Lipinski definition) is 4. The SMILES string of the molecule is CC(C)N(C(=O)c1c(O)c2ccccc2[nH]c1=O)C1C2CCN(CC2)C1Cc1ccccc1. The summed E-state index contributed by atoms with van der Waals surface area (Å²) >= 11 is 0. The van der Waals surface area contributed by atoms with Gasteiger partial charge in [0, 0.05) is 17.5 Å². The first-order chi connectivity index (χ1) is 16.0. The van der Waals surface area contributed by atoms with Crippen LogP contribution < -0.4 is 5.56 Å². The molecule has 2 aromatic carbocycles. The Morgan fingerprint density at radius 1 is 1.09 bits per heavy atom. The molecule has 6 nitrogen and oxygen atoms in total. The molecule has 4 heterocycles. The van der Waals surface area contributed by atoms with Crippen LogP contribution in [0.5, 0.6) is 5.75 Å². The summed E-state index contributed by atoms with van der Waals surface area (Å²) in [5.41, 5.74) is 1.08. The molecule has 0 radical (unpaired) electrons. The van der Waals surface area contributed by atoms with Crippen LogP contribution in [0, 0.1) is 5.92 Å². The van der Waals surface area contributed by atoms with Crippen LogP contribution in [-0.2, 0) is 6.42 Å². The molecule has 2 atom stereocenters. The number of nitrogens with zero attached hydrogens (tertiary/aromatic N) is 2. The number of aromatic hydroxyl groups is 1. The predicted molar refractivity (Wildman–Crippen MR) is 130 cm³/mol. The van der Waals surface area contributed by atoms with Crippen molar-refractivity contribution in [2.45, 2.75) is 51.2 Å². The molecule has 0 spiro atoms. The fraction of sp³-hybridized carbons (Fsp3) is 0.407. The van der Waals surface area contributed by atoms with Crippen molar-refractivity contribution in [2.24, 2.45) is 5.92 Å². The van der Waals surface area contributed by atoms with Crippen LogP contribution in [0.25, 0.3) is 10.9 Å². The van der Waals surface area contributed by atoms with E-state index >= 15 is 0 Å². The van der Waals surface area contributed by atoms with Gasteiger partial charge in [0.1, 0.15) is 11.3 Å². The minimum absolute atomic E-state index is 0.00882. The number of rotatable bonds is 5. The maximum Gasteiger partial charge on any atom is 0.265 e. The molecule has 2 bridgehead atoms. The van der Waals surface area contributed by atoms with Crippen molar-refractivity contribution in [3.63, 3.8) is 0 Å². The zero-order valence-corrected chi connectivity index (χ0v) is 19.2. The lowest BCUT2D eigenvalue weighted by Crippen LogP contribution is -2.66.